The van der Waals surface area contributed by atoms with Crippen LogP contribution in [0, 0.1) is 11.3 Å². The lowest BCUT2D eigenvalue weighted by molar-refractivity contribution is -0.138. The highest BCUT2D eigenvalue weighted by molar-refractivity contribution is 5.94. The fourth-order valence-corrected chi connectivity index (χ4v) is 1.99. The van der Waals surface area contributed by atoms with Gasteiger partial charge in [-0.05, 0) is 25.5 Å². The monoisotopic (exact) mass is 257 g/mol. The maximum Gasteiger partial charge on any atom is 0.352 e. The third-order valence-electron chi connectivity index (χ3n) is 2.89. The molecule has 0 aliphatic carbocycles. The summed E-state index contributed by atoms with van der Waals surface area (Å²) in [4.78, 5) is 11.7. The van der Waals surface area contributed by atoms with Crippen molar-refractivity contribution in [3.63, 3.8) is 0 Å². The second kappa shape index (κ2) is 5.44. The lowest BCUT2D eigenvalue weighted by Gasteiger charge is -2.28. The molecule has 1 aromatic carbocycles. The number of carbonyl (C=O) groups excluding carboxylic acids is 1. The highest BCUT2D eigenvalue weighted by Gasteiger charge is 2.24. The number of nitrogens with zero attached hydrogens (tertiary/aromatic N) is 1. The zero-order valence-electron chi connectivity index (χ0n) is 10.9. The van der Waals surface area contributed by atoms with Crippen LogP contribution in [0.5, 0.6) is 0 Å². The minimum atomic E-state index is -0.619. The Morgan fingerprint density at radius 2 is 2.21 bits per heavy atom. The number of carbonyl (C=O) groups is 1. The summed E-state index contributed by atoms with van der Waals surface area (Å²) in [5, 5.41) is 15.3. The van der Waals surface area contributed by atoms with Gasteiger partial charge in [0.25, 0.3) is 0 Å². The minimum absolute atomic E-state index is 0.0187. The molecule has 2 rings (SSSR count). The summed E-state index contributed by atoms with van der Waals surface area (Å²) in [6, 6.07) is 9.66. The number of nitrogens with one attached hydrogen (secondary N) is 2. The van der Waals surface area contributed by atoms with E-state index in [-0.39, 0.29) is 18.2 Å². The number of anilines is 1. The van der Waals surface area contributed by atoms with Crippen LogP contribution in [0.25, 0.3) is 0 Å². The lowest BCUT2D eigenvalue weighted by Crippen LogP contribution is -2.32. The fourth-order valence-electron chi connectivity index (χ4n) is 1.99. The van der Waals surface area contributed by atoms with Crippen molar-refractivity contribution in [2.45, 2.75) is 19.9 Å². The number of benzene rings is 1. The zero-order valence-corrected chi connectivity index (χ0v) is 10.9. The predicted molar refractivity (Wildman–Crippen MR) is 70.9 cm³/mol. The first-order chi connectivity index (χ1) is 9.17. The molecular weight excluding hydrogens is 242 g/mol. The summed E-state index contributed by atoms with van der Waals surface area (Å²) in [6.45, 7) is 3.92. The first-order valence-electron chi connectivity index (χ1n) is 6.11. The van der Waals surface area contributed by atoms with Gasteiger partial charge < -0.3 is 15.4 Å². The Morgan fingerprint density at radius 1 is 1.47 bits per heavy atom. The van der Waals surface area contributed by atoms with E-state index in [4.69, 9.17) is 10.00 Å². The number of para-hydroxylation sites is 1. The van der Waals surface area contributed by atoms with Crippen molar-refractivity contribution < 1.29 is 9.53 Å². The smallest absolute Gasteiger partial charge is 0.352 e. The van der Waals surface area contributed by atoms with Crippen molar-refractivity contribution in [1.82, 2.24) is 5.32 Å². The highest BCUT2D eigenvalue weighted by Crippen LogP contribution is 2.29. The molecule has 1 aliphatic rings. The summed E-state index contributed by atoms with van der Waals surface area (Å²) >= 11 is 0. The van der Waals surface area contributed by atoms with Crippen LogP contribution in [-0.2, 0) is 9.53 Å². The van der Waals surface area contributed by atoms with Crippen LogP contribution < -0.4 is 10.6 Å². The standard InChI is InChI=1S/C14H15N3O2/c1-3-19-14(18)11(8-15)13-16-9(2)10-6-4-5-7-12(10)17-13/h4-7,9,16-17H,3H2,1-2H3/b13-11+/t9-/m0/s1. The molecule has 0 unspecified atom stereocenters. The first-order valence-corrected chi connectivity index (χ1v) is 6.11. The molecule has 19 heavy (non-hydrogen) atoms. The van der Waals surface area contributed by atoms with Gasteiger partial charge in [0.2, 0.25) is 0 Å². The molecule has 0 saturated carbocycles. The normalized spacial score (nSPS) is 19.3. The molecule has 0 amide bonds. The molecule has 2 N–H and O–H groups in total. The van der Waals surface area contributed by atoms with Gasteiger partial charge in [-0.15, -0.1) is 0 Å². The molecule has 98 valence electrons. The molecule has 1 atom stereocenters. The van der Waals surface area contributed by atoms with Gasteiger partial charge in [0.1, 0.15) is 11.9 Å². The topological polar surface area (TPSA) is 74.2 Å². The van der Waals surface area contributed by atoms with Gasteiger partial charge in [0.15, 0.2) is 5.57 Å². The van der Waals surface area contributed by atoms with Crippen LogP contribution in [0.1, 0.15) is 25.5 Å². The molecule has 0 bridgehead atoms. The van der Waals surface area contributed by atoms with Crippen molar-refractivity contribution >= 4 is 11.7 Å². The number of hydrogen-bond acceptors (Lipinski definition) is 5. The third-order valence-corrected chi connectivity index (χ3v) is 2.89. The Kier molecular flexibility index (Phi) is 3.71. The van der Waals surface area contributed by atoms with Crippen molar-refractivity contribution in [3.05, 3.63) is 41.2 Å². The fraction of sp³-hybridized carbons (Fsp3) is 0.286. The zero-order chi connectivity index (χ0) is 13.8. The largest absolute Gasteiger partial charge is 0.462 e. The number of hydrogen-bond donors (Lipinski definition) is 2. The minimum Gasteiger partial charge on any atom is -0.462 e. The van der Waals surface area contributed by atoms with E-state index in [0.29, 0.717) is 5.82 Å². The van der Waals surface area contributed by atoms with E-state index in [1.165, 1.54) is 0 Å². The maximum absolute atomic E-state index is 11.7. The average molecular weight is 257 g/mol. The quantitative estimate of drug-likeness (QED) is 0.482. The third kappa shape index (κ3) is 2.52. The van der Waals surface area contributed by atoms with Crippen molar-refractivity contribution in [2.75, 3.05) is 11.9 Å². The van der Waals surface area contributed by atoms with Gasteiger partial charge in [0, 0.05) is 5.69 Å². The molecule has 1 aliphatic heterocycles. The van der Waals surface area contributed by atoms with Gasteiger partial charge in [-0.2, -0.15) is 5.26 Å². The molecule has 0 fully saturated rings. The second-order valence-corrected chi connectivity index (χ2v) is 4.16. The number of ether oxygens (including phenoxy) is 1. The number of esters is 1. The van der Waals surface area contributed by atoms with E-state index in [1.807, 2.05) is 37.3 Å². The molecule has 5 nitrogen and oxygen atoms in total. The predicted octanol–water partition coefficient (Wildman–Crippen LogP) is 2.06. The molecule has 0 radical (unpaired) electrons. The Balaban J connectivity index is 2.38. The van der Waals surface area contributed by atoms with Gasteiger partial charge in [-0.3, -0.25) is 0 Å². The first kappa shape index (κ1) is 13.0. The van der Waals surface area contributed by atoms with E-state index in [0.717, 1.165) is 11.3 Å². The maximum atomic E-state index is 11.7. The molecule has 0 aromatic heterocycles. The van der Waals surface area contributed by atoms with E-state index in [2.05, 4.69) is 10.6 Å². The van der Waals surface area contributed by atoms with Crippen LogP contribution in [-0.4, -0.2) is 12.6 Å². The molecular formula is C14H15N3O2. The summed E-state index contributed by atoms with van der Waals surface area (Å²) in [5.41, 5.74) is 1.94. The number of fused-ring (bicyclic) bond motifs is 1. The number of rotatable bonds is 2. The van der Waals surface area contributed by atoms with Gasteiger partial charge >= 0.3 is 5.97 Å². The van der Waals surface area contributed by atoms with E-state index in [9.17, 15) is 4.79 Å². The summed E-state index contributed by atoms with van der Waals surface area (Å²) in [5.74, 6) is -0.223. The van der Waals surface area contributed by atoms with Crippen molar-refractivity contribution in [2.24, 2.45) is 0 Å². The number of nitriles is 1. The van der Waals surface area contributed by atoms with Crippen LogP contribution >= 0.6 is 0 Å². The Bertz CT molecular complexity index is 572. The summed E-state index contributed by atoms with van der Waals surface area (Å²) < 4.78 is 4.87. The molecule has 0 saturated heterocycles. The Hall–Kier alpha value is -2.48. The van der Waals surface area contributed by atoms with Gasteiger partial charge in [-0.25, -0.2) is 4.79 Å². The van der Waals surface area contributed by atoms with Gasteiger partial charge in [-0.1, -0.05) is 18.2 Å². The van der Waals surface area contributed by atoms with Gasteiger partial charge in [0.05, 0.1) is 12.6 Å². The van der Waals surface area contributed by atoms with E-state index < -0.39 is 5.97 Å². The van der Waals surface area contributed by atoms with Crippen LogP contribution in [0.3, 0.4) is 0 Å². The average Bonchev–Trinajstić information content (AvgIpc) is 2.40. The van der Waals surface area contributed by atoms with E-state index >= 15 is 0 Å². The summed E-state index contributed by atoms with van der Waals surface area (Å²) in [6.07, 6.45) is 0. The molecule has 1 aromatic rings. The van der Waals surface area contributed by atoms with Crippen LogP contribution in [0.15, 0.2) is 35.7 Å². The SMILES string of the molecule is CCOC(=O)/C(C#N)=C1/Nc2ccccc2[C@H](C)N1. The van der Waals surface area contributed by atoms with Crippen LogP contribution in [0.4, 0.5) is 5.69 Å². The lowest BCUT2D eigenvalue weighted by atomic mass is 10.0. The Morgan fingerprint density at radius 3 is 2.89 bits per heavy atom. The van der Waals surface area contributed by atoms with E-state index in [1.54, 1.807) is 6.92 Å². The Labute approximate surface area is 111 Å². The summed E-state index contributed by atoms with van der Waals surface area (Å²) in [7, 11) is 0. The molecule has 5 heteroatoms. The molecule has 1 heterocycles. The van der Waals surface area contributed by atoms with Crippen molar-refractivity contribution in [1.29, 1.82) is 5.26 Å². The van der Waals surface area contributed by atoms with Crippen LogP contribution in [0.2, 0.25) is 0 Å². The molecule has 0 spiro atoms. The highest BCUT2D eigenvalue weighted by atomic mass is 16.5. The van der Waals surface area contributed by atoms with Crippen molar-refractivity contribution in [3.8, 4) is 6.07 Å². The second-order valence-electron chi connectivity index (χ2n) is 4.16.